The molecule has 1 unspecified atom stereocenters. The maximum absolute atomic E-state index is 9.37. The van der Waals surface area contributed by atoms with E-state index in [1.165, 1.54) is 42.1 Å². The number of carbonyl (C=O) groups is 1. The highest BCUT2D eigenvalue weighted by atomic mass is 35.5. The van der Waals surface area contributed by atoms with Crippen molar-refractivity contribution in [1.29, 1.82) is 0 Å². The van der Waals surface area contributed by atoms with Crippen molar-refractivity contribution in [3.05, 3.63) is 71.4 Å². The summed E-state index contributed by atoms with van der Waals surface area (Å²) in [5, 5.41) is 5.20. The number of carbonyl (C=O) groups excluding carboxylic acids is 1. The fourth-order valence-electron chi connectivity index (χ4n) is 3.86. The normalized spacial score (nSPS) is 14.1. The lowest BCUT2D eigenvalue weighted by Gasteiger charge is -2.15. The van der Waals surface area contributed by atoms with Gasteiger partial charge in [0.1, 0.15) is 0 Å². The summed E-state index contributed by atoms with van der Waals surface area (Å²) in [6.45, 7) is 1.04. The van der Waals surface area contributed by atoms with Gasteiger partial charge in [-0.25, -0.2) is 4.79 Å². The van der Waals surface area contributed by atoms with Gasteiger partial charge in [-0.05, 0) is 43.0 Å². The molecule has 4 rings (SSSR count). The summed E-state index contributed by atoms with van der Waals surface area (Å²) >= 11 is 0. The molecule has 1 aliphatic carbocycles. The minimum atomic E-state index is -0.745. The summed E-state index contributed by atoms with van der Waals surface area (Å²) in [4.78, 5) is 9.37. The molecule has 0 spiro atoms. The van der Waals surface area contributed by atoms with Crippen LogP contribution in [0, 0.1) is 0 Å². The van der Waals surface area contributed by atoms with Gasteiger partial charge in [-0.1, -0.05) is 48.5 Å². The smallest absolute Gasteiger partial charge is 0.404 e. The molecule has 0 fully saturated rings. The number of hydrogen-bond acceptors (Lipinski definition) is 3. The number of amides is 1. The maximum atomic E-state index is 9.37. The van der Waals surface area contributed by atoms with E-state index >= 15 is 0 Å². The Morgan fingerprint density at radius 3 is 2.45 bits per heavy atom. The van der Waals surface area contributed by atoms with E-state index in [1.54, 1.807) is 5.56 Å². The number of methoxy groups -OCH3 is 1. The molecule has 2 aromatic carbocycles. The fourth-order valence-corrected chi connectivity index (χ4v) is 3.86. The van der Waals surface area contributed by atoms with Gasteiger partial charge in [0, 0.05) is 29.7 Å². The number of nitrogens with two attached hydrogens (primary N) is 1. The quantitative estimate of drug-likeness (QED) is 0.678. The van der Waals surface area contributed by atoms with Crippen molar-refractivity contribution in [2.45, 2.75) is 25.3 Å². The van der Waals surface area contributed by atoms with Gasteiger partial charge in [-0.3, -0.25) is 0 Å². The average Bonchev–Trinajstić information content (AvgIpc) is 3.23. The highest BCUT2D eigenvalue weighted by molar-refractivity contribution is 5.86. The molecule has 0 aliphatic heterocycles. The van der Waals surface area contributed by atoms with Gasteiger partial charge in [0.2, 0.25) is 0 Å². The van der Waals surface area contributed by atoms with Crippen LogP contribution in [0.15, 0.2) is 54.6 Å². The molecule has 0 saturated heterocycles. The molecule has 1 amide bonds. The molecule has 7 heteroatoms. The lowest BCUT2D eigenvalue weighted by Crippen LogP contribution is -2.23. The van der Waals surface area contributed by atoms with Gasteiger partial charge in [0.25, 0.3) is 0 Å². The second kappa shape index (κ2) is 11.5. The third-order valence-corrected chi connectivity index (χ3v) is 5.12. The molecule has 1 heterocycles. The van der Waals surface area contributed by atoms with Crippen LogP contribution >= 0.6 is 12.4 Å². The van der Waals surface area contributed by atoms with Crippen LogP contribution in [0.25, 0.3) is 10.9 Å². The summed E-state index contributed by atoms with van der Waals surface area (Å²) in [6, 6.07) is 20.0. The zero-order valence-electron chi connectivity index (χ0n) is 16.9. The van der Waals surface area contributed by atoms with E-state index in [-0.39, 0.29) is 17.9 Å². The van der Waals surface area contributed by atoms with Crippen LogP contribution in [0.2, 0.25) is 0 Å². The van der Waals surface area contributed by atoms with Gasteiger partial charge in [-0.15, -0.1) is 12.4 Å². The van der Waals surface area contributed by atoms with Crippen LogP contribution < -0.4 is 11.1 Å². The topological polar surface area (TPSA) is 101 Å². The minimum absolute atomic E-state index is 0. The standard InChI is InChI=1S/C20H22N2.C2H5NO2.ClH.H2O/c1-22-19-10-6-5-9-16(19)17-11-12-18(20(17)22)21-14-13-15-7-3-2-4-8-15;1-5-2(3)4;;/h2-10,18,21H,11-14H2,1H3;1H3,(H2,3,4);1H;1H2. The number of nitrogens with zero attached hydrogens (tertiary/aromatic N) is 1. The molecule has 6 nitrogen and oxygen atoms in total. The Morgan fingerprint density at radius 1 is 1.17 bits per heavy atom. The summed E-state index contributed by atoms with van der Waals surface area (Å²) in [7, 11) is 3.43. The third-order valence-electron chi connectivity index (χ3n) is 5.12. The SMILES string of the molecule is COC(N)=O.Cl.Cn1c2c(c3ccccc31)CCC2NCCc1ccccc1.O. The van der Waals surface area contributed by atoms with E-state index in [2.05, 4.69) is 82.0 Å². The van der Waals surface area contributed by atoms with Crippen molar-refractivity contribution in [3.8, 4) is 0 Å². The van der Waals surface area contributed by atoms with Gasteiger partial charge in [-0.2, -0.15) is 0 Å². The van der Waals surface area contributed by atoms with Crippen molar-refractivity contribution < 1.29 is 15.0 Å². The van der Waals surface area contributed by atoms with E-state index in [0.717, 1.165) is 13.0 Å². The molecule has 1 atom stereocenters. The van der Waals surface area contributed by atoms with Crippen molar-refractivity contribution >= 4 is 29.4 Å². The summed E-state index contributed by atoms with van der Waals surface area (Å²) in [5.41, 5.74) is 10.2. The molecule has 158 valence electrons. The summed E-state index contributed by atoms with van der Waals surface area (Å²) < 4.78 is 6.28. The lowest BCUT2D eigenvalue weighted by atomic mass is 10.1. The molecule has 0 bridgehead atoms. The predicted molar refractivity (Wildman–Crippen MR) is 120 cm³/mol. The molecule has 1 aliphatic rings. The van der Waals surface area contributed by atoms with Crippen LogP contribution in [0.5, 0.6) is 0 Å². The molecule has 0 radical (unpaired) electrons. The van der Waals surface area contributed by atoms with Gasteiger partial charge in [0.15, 0.2) is 0 Å². The average molecular weight is 420 g/mol. The second-order valence-corrected chi connectivity index (χ2v) is 6.74. The number of benzene rings is 2. The number of nitrogens with one attached hydrogen (secondary N) is 1. The summed E-state index contributed by atoms with van der Waals surface area (Å²) in [5.74, 6) is 0. The monoisotopic (exact) mass is 419 g/mol. The molecular formula is C22H30ClN3O3. The van der Waals surface area contributed by atoms with Crippen molar-refractivity contribution in [2.75, 3.05) is 13.7 Å². The van der Waals surface area contributed by atoms with Crippen LogP contribution in [-0.2, 0) is 24.6 Å². The largest absolute Gasteiger partial charge is 0.453 e. The third kappa shape index (κ3) is 5.73. The number of rotatable bonds is 4. The van der Waals surface area contributed by atoms with Crippen molar-refractivity contribution in [3.63, 3.8) is 0 Å². The Kier molecular flexibility index (Phi) is 9.68. The first kappa shape index (κ1) is 24.5. The minimum Gasteiger partial charge on any atom is -0.453 e. The van der Waals surface area contributed by atoms with Crippen molar-refractivity contribution in [1.82, 2.24) is 9.88 Å². The Hall–Kier alpha value is -2.54. The highest BCUT2D eigenvalue weighted by Crippen LogP contribution is 2.37. The molecule has 0 saturated carbocycles. The highest BCUT2D eigenvalue weighted by Gasteiger charge is 2.27. The Bertz CT molecular complexity index is 912. The number of primary amides is 1. The molecule has 29 heavy (non-hydrogen) atoms. The van der Waals surface area contributed by atoms with E-state index in [0.29, 0.717) is 6.04 Å². The van der Waals surface area contributed by atoms with Gasteiger partial charge >= 0.3 is 6.09 Å². The van der Waals surface area contributed by atoms with Crippen LogP contribution in [0.1, 0.15) is 29.3 Å². The lowest BCUT2D eigenvalue weighted by molar-refractivity contribution is 0.182. The van der Waals surface area contributed by atoms with E-state index < -0.39 is 6.09 Å². The van der Waals surface area contributed by atoms with Gasteiger partial charge < -0.3 is 25.8 Å². The number of aromatic nitrogens is 1. The number of para-hydroxylation sites is 1. The van der Waals surface area contributed by atoms with E-state index in [1.807, 2.05) is 0 Å². The van der Waals surface area contributed by atoms with Crippen LogP contribution in [-0.4, -0.2) is 29.8 Å². The molecule has 5 N–H and O–H groups in total. The first-order chi connectivity index (χ1) is 13.1. The number of halogens is 1. The zero-order valence-corrected chi connectivity index (χ0v) is 17.7. The first-order valence-electron chi connectivity index (χ1n) is 9.28. The van der Waals surface area contributed by atoms with Crippen LogP contribution in [0.4, 0.5) is 4.79 Å². The van der Waals surface area contributed by atoms with Gasteiger partial charge in [0.05, 0.1) is 7.11 Å². The zero-order chi connectivity index (χ0) is 19.2. The summed E-state index contributed by atoms with van der Waals surface area (Å²) in [6.07, 6.45) is 2.76. The maximum Gasteiger partial charge on any atom is 0.404 e. The number of ether oxygens (including phenoxy) is 1. The van der Waals surface area contributed by atoms with E-state index in [9.17, 15) is 4.79 Å². The molecular weight excluding hydrogens is 390 g/mol. The molecule has 3 aromatic rings. The Labute approximate surface area is 177 Å². The number of hydrogen-bond donors (Lipinski definition) is 2. The Morgan fingerprint density at radius 2 is 1.79 bits per heavy atom. The van der Waals surface area contributed by atoms with E-state index in [4.69, 9.17) is 0 Å². The fraction of sp³-hybridized carbons (Fsp3) is 0.318. The van der Waals surface area contributed by atoms with Crippen molar-refractivity contribution in [2.24, 2.45) is 12.8 Å². The molecule has 1 aromatic heterocycles. The number of fused-ring (bicyclic) bond motifs is 3. The number of aryl methyl sites for hydroxylation is 2. The van der Waals surface area contributed by atoms with Crippen LogP contribution in [0.3, 0.4) is 0 Å². The predicted octanol–water partition coefficient (Wildman–Crippen LogP) is 3.31. The Balaban J connectivity index is 0.000000542. The second-order valence-electron chi connectivity index (χ2n) is 6.74. The first-order valence-corrected chi connectivity index (χ1v) is 9.28.